The van der Waals surface area contributed by atoms with Crippen molar-refractivity contribution in [3.63, 3.8) is 0 Å². The Bertz CT molecular complexity index is 270. The van der Waals surface area contributed by atoms with Crippen molar-refractivity contribution in [2.75, 3.05) is 39.3 Å². The first-order valence-corrected chi connectivity index (χ1v) is 8.19. The van der Waals surface area contributed by atoms with E-state index < -0.39 is 0 Å². The molecule has 0 aromatic rings. The molecule has 2 aliphatic rings. The van der Waals surface area contributed by atoms with Crippen LogP contribution in [0.15, 0.2) is 0 Å². The molecule has 2 fully saturated rings. The lowest BCUT2D eigenvalue weighted by Gasteiger charge is -2.52. The zero-order chi connectivity index (χ0) is 13.9. The van der Waals surface area contributed by atoms with E-state index >= 15 is 0 Å². The van der Waals surface area contributed by atoms with Gasteiger partial charge in [0.2, 0.25) is 0 Å². The Morgan fingerprint density at radius 1 is 0.947 bits per heavy atom. The number of piperazine rings is 1. The average Bonchev–Trinajstić information content (AvgIpc) is 2.41. The Balaban J connectivity index is 1.92. The van der Waals surface area contributed by atoms with Crippen LogP contribution in [-0.4, -0.2) is 54.6 Å². The predicted molar refractivity (Wildman–Crippen MR) is 82.3 cm³/mol. The number of hydrogen-bond acceptors (Lipinski definition) is 3. The van der Waals surface area contributed by atoms with Crippen LogP contribution < -0.4 is 5.73 Å². The van der Waals surface area contributed by atoms with Gasteiger partial charge in [0.25, 0.3) is 0 Å². The minimum atomic E-state index is 0.313. The molecule has 0 bridgehead atoms. The lowest BCUT2D eigenvalue weighted by atomic mass is 9.68. The van der Waals surface area contributed by atoms with E-state index in [9.17, 15) is 0 Å². The molecule has 3 nitrogen and oxygen atoms in total. The third-order valence-corrected chi connectivity index (χ3v) is 5.50. The molecular weight excluding hydrogens is 234 g/mol. The molecule has 0 aromatic heterocycles. The fourth-order valence-electron chi connectivity index (χ4n) is 3.80. The third-order valence-electron chi connectivity index (χ3n) is 5.50. The fourth-order valence-corrected chi connectivity index (χ4v) is 3.80. The first-order chi connectivity index (χ1) is 9.01. The molecule has 0 atom stereocenters. The Hall–Kier alpha value is -0.120. The van der Waals surface area contributed by atoms with E-state index in [1.807, 2.05) is 0 Å². The molecule has 112 valence electrons. The molecule has 1 aliphatic carbocycles. The summed E-state index contributed by atoms with van der Waals surface area (Å²) in [5, 5.41) is 0. The summed E-state index contributed by atoms with van der Waals surface area (Å²) in [5.41, 5.74) is 7.04. The summed E-state index contributed by atoms with van der Waals surface area (Å²) >= 11 is 0. The fraction of sp³-hybridized carbons (Fsp3) is 1.00. The van der Waals surface area contributed by atoms with Crippen LogP contribution in [-0.2, 0) is 0 Å². The van der Waals surface area contributed by atoms with Crippen LogP contribution in [0, 0.1) is 5.41 Å². The zero-order valence-corrected chi connectivity index (χ0v) is 13.2. The molecule has 1 aliphatic heterocycles. The van der Waals surface area contributed by atoms with E-state index in [4.69, 9.17) is 5.73 Å². The summed E-state index contributed by atoms with van der Waals surface area (Å²) in [6, 6.07) is 0. The van der Waals surface area contributed by atoms with Crippen molar-refractivity contribution in [3.8, 4) is 0 Å². The van der Waals surface area contributed by atoms with Crippen LogP contribution in [0.1, 0.15) is 52.9 Å². The Morgan fingerprint density at radius 3 is 2.00 bits per heavy atom. The van der Waals surface area contributed by atoms with Crippen molar-refractivity contribution >= 4 is 0 Å². The van der Waals surface area contributed by atoms with Gasteiger partial charge in [-0.2, -0.15) is 0 Å². The summed E-state index contributed by atoms with van der Waals surface area (Å²) in [6.07, 6.45) is 6.53. The van der Waals surface area contributed by atoms with E-state index in [-0.39, 0.29) is 0 Å². The lowest BCUT2D eigenvalue weighted by Crippen LogP contribution is -2.61. The number of hydrogen-bond donors (Lipinski definition) is 1. The summed E-state index contributed by atoms with van der Waals surface area (Å²) < 4.78 is 0. The highest BCUT2D eigenvalue weighted by molar-refractivity contribution is 4.99. The van der Waals surface area contributed by atoms with Gasteiger partial charge in [0.1, 0.15) is 0 Å². The minimum absolute atomic E-state index is 0.313. The standard InChI is InChI=1S/C16H33N3/c1-4-9-18-10-12-19(13-11-18)16(14-17)7-5-15(2,3)6-8-16/h4-14,17H2,1-3H3. The van der Waals surface area contributed by atoms with Crippen LogP contribution in [0.4, 0.5) is 0 Å². The Kier molecular flexibility index (Phi) is 4.91. The maximum absolute atomic E-state index is 6.20. The Labute approximate surface area is 119 Å². The molecule has 1 heterocycles. The molecule has 2 rings (SSSR count). The minimum Gasteiger partial charge on any atom is -0.329 e. The molecule has 1 saturated heterocycles. The second-order valence-corrected chi connectivity index (χ2v) is 7.42. The second kappa shape index (κ2) is 6.11. The normalized spacial score (nSPS) is 28.4. The van der Waals surface area contributed by atoms with Crippen molar-refractivity contribution in [3.05, 3.63) is 0 Å². The van der Waals surface area contributed by atoms with E-state index in [1.165, 1.54) is 64.8 Å². The lowest BCUT2D eigenvalue weighted by molar-refractivity contribution is -0.00875. The third kappa shape index (κ3) is 3.50. The first-order valence-electron chi connectivity index (χ1n) is 8.19. The monoisotopic (exact) mass is 267 g/mol. The highest BCUT2D eigenvalue weighted by Gasteiger charge is 2.42. The van der Waals surface area contributed by atoms with Gasteiger partial charge in [-0.3, -0.25) is 4.90 Å². The van der Waals surface area contributed by atoms with Crippen molar-refractivity contribution in [2.45, 2.75) is 58.4 Å². The van der Waals surface area contributed by atoms with Crippen LogP contribution in [0.5, 0.6) is 0 Å². The molecule has 3 heteroatoms. The van der Waals surface area contributed by atoms with Crippen molar-refractivity contribution < 1.29 is 0 Å². The van der Waals surface area contributed by atoms with Gasteiger partial charge in [0.15, 0.2) is 0 Å². The van der Waals surface area contributed by atoms with E-state index in [1.54, 1.807) is 0 Å². The smallest absolute Gasteiger partial charge is 0.0333 e. The van der Waals surface area contributed by atoms with Gasteiger partial charge in [-0.1, -0.05) is 20.8 Å². The quantitative estimate of drug-likeness (QED) is 0.848. The van der Waals surface area contributed by atoms with Gasteiger partial charge in [0.05, 0.1) is 0 Å². The van der Waals surface area contributed by atoms with Gasteiger partial charge < -0.3 is 10.6 Å². The zero-order valence-electron chi connectivity index (χ0n) is 13.2. The molecule has 0 unspecified atom stereocenters. The highest BCUT2D eigenvalue weighted by Crippen LogP contribution is 2.42. The van der Waals surface area contributed by atoms with E-state index in [2.05, 4.69) is 30.6 Å². The summed E-state index contributed by atoms with van der Waals surface area (Å²) in [7, 11) is 0. The molecule has 0 radical (unpaired) electrons. The van der Waals surface area contributed by atoms with E-state index in [0.717, 1.165) is 6.54 Å². The maximum Gasteiger partial charge on any atom is 0.0333 e. The van der Waals surface area contributed by atoms with Crippen LogP contribution in [0.3, 0.4) is 0 Å². The highest BCUT2D eigenvalue weighted by atomic mass is 15.3. The molecule has 19 heavy (non-hydrogen) atoms. The largest absolute Gasteiger partial charge is 0.329 e. The summed E-state index contributed by atoms with van der Waals surface area (Å²) in [4.78, 5) is 5.32. The van der Waals surface area contributed by atoms with Gasteiger partial charge in [-0.05, 0) is 44.1 Å². The van der Waals surface area contributed by atoms with Gasteiger partial charge in [0, 0.05) is 38.3 Å². The summed E-state index contributed by atoms with van der Waals surface area (Å²) in [6.45, 7) is 14.1. The second-order valence-electron chi connectivity index (χ2n) is 7.42. The first kappa shape index (κ1) is 15.3. The molecule has 0 amide bonds. The van der Waals surface area contributed by atoms with Crippen molar-refractivity contribution in [2.24, 2.45) is 11.1 Å². The predicted octanol–water partition coefficient (Wildman–Crippen LogP) is 2.31. The molecule has 0 aromatic carbocycles. The summed E-state index contributed by atoms with van der Waals surface area (Å²) in [5.74, 6) is 0. The van der Waals surface area contributed by atoms with E-state index in [0.29, 0.717) is 11.0 Å². The number of nitrogens with zero attached hydrogens (tertiary/aromatic N) is 2. The maximum atomic E-state index is 6.20. The van der Waals surface area contributed by atoms with Crippen molar-refractivity contribution in [1.82, 2.24) is 9.80 Å². The Morgan fingerprint density at radius 2 is 1.53 bits per heavy atom. The molecule has 2 N–H and O–H groups in total. The molecule has 1 saturated carbocycles. The van der Waals surface area contributed by atoms with Gasteiger partial charge in [-0.25, -0.2) is 0 Å². The van der Waals surface area contributed by atoms with Gasteiger partial charge >= 0.3 is 0 Å². The number of rotatable bonds is 4. The van der Waals surface area contributed by atoms with Crippen molar-refractivity contribution in [1.29, 1.82) is 0 Å². The van der Waals surface area contributed by atoms with Gasteiger partial charge in [-0.15, -0.1) is 0 Å². The average molecular weight is 267 g/mol. The number of nitrogens with two attached hydrogens (primary N) is 1. The molecular formula is C16H33N3. The van der Waals surface area contributed by atoms with Crippen LogP contribution >= 0.6 is 0 Å². The SMILES string of the molecule is CCCN1CCN(C2(CN)CCC(C)(C)CC2)CC1. The van der Waals surface area contributed by atoms with Crippen LogP contribution in [0.2, 0.25) is 0 Å². The molecule has 0 spiro atoms. The topological polar surface area (TPSA) is 32.5 Å². The van der Waals surface area contributed by atoms with Crippen LogP contribution in [0.25, 0.3) is 0 Å².